The van der Waals surface area contributed by atoms with Gasteiger partial charge in [-0.05, 0) is 86.5 Å². The van der Waals surface area contributed by atoms with Crippen molar-refractivity contribution in [2.45, 2.75) is 96.7 Å². The van der Waals surface area contributed by atoms with Crippen LogP contribution >= 0.6 is 0 Å². The highest BCUT2D eigenvalue weighted by atomic mass is 16.5. The maximum absolute atomic E-state index is 12.2. The maximum Gasteiger partial charge on any atom is 0.331 e. The van der Waals surface area contributed by atoms with Gasteiger partial charge in [0.15, 0.2) is 0 Å². The molecular formula is C24H38O4. The summed E-state index contributed by atoms with van der Waals surface area (Å²) in [5.74, 6) is 0.916. The number of hydrogen-bond acceptors (Lipinski definition) is 4. The van der Waals surface area contributed by atoms with Crippen LogP contribution in [0.4, 0.5) is 0 Å². The quantitative estimate of drug-likeness (QED) is 0.699. The van der Waals surface area contributed by atoms with Crippen molar-refractivity contribution in [3.63, 3.8) is 0 Å². The minimum absolute atomic E-state index is 0.134. The van der Waals surface area contributed by atoms with E-state index in [0.29, 0.717) is 18.4 Å². The van der Waals surface area contributed by atoms with Gasteiger partial charge in [-0.15, -0.1) is 0 Å². The van der Waals surface area contributed by atoms with Crippen molar-refractivity contribution in [2.75, 3.05) is 6.61 Å². The number of cyclic esters (lactones) is 1. The number of carbonyl (C=O) groups is 1. The molecule has 1 aliphatic heterocycles. The molecule has 0 aromatic heterocycles. The van der Waals surface area contributed by atoms with Crippen LogP contribution in [0.2, 0.25) is 0 Å². The molecule has 4 heteroatoms. The van der Waals surface area contributed by atoms with Crippen molar-refractivity contribution < 1.29 is 19.7 Å². The first-order valence-electron chi connectivity index (χ1n) is 11.5. The Bertz CT molecular complexity index is 657. The Morgan fingerprint density at radius 3 is 2.57 bits per heavy atom. The predicted octanol–water partition coefficient (Wildman–Crippen LogP) is 4.38. The first-order valence-corrected chi connectivity index (χ1v) is 11.5. The van der Waals surface area contributed by atoms with E-state index >= 15 is 0 Å². The Hall–Kier alpha value is -0.870. The largest absolute Gasteiger partial charge is 0.458 e. The third-order valence-corrected chi connectivity index (χ3v) is 9.32. The summed E-state index contributed by atoms with van der Waals surface area (Å²) in [5, 5.41) is 22.3. The van der Waals surface area contributed by atoms with Crippen molar-refractivity contribution in [3.05, 3.63) is 11.6 Å². The molecule has 2 N–H and O–H groups in total. The number of esters is 1. The molecule has 0 amide bonds. The molecule has 0 spiro atoms. The number of aliphatic hydroxyl groups is 2. The van der Waals surface area contributed by atoms with Gasteiger partial charge in [0, 0.05) is 11.5 Å². The van der Waals surface area contributed by atoms with Gasteiger partial charge in [-0.3, -0.25) is 0 Å². The normalized spacial score (nSPS) is 48.9. The van der Waals surface area contributed by atoms with E-state index in [4.69, 9.17) is 4.74 Å². The van der Waals surface area contributed by atoms with Crippen molar-refractivity contribution in [1.29, 1.82) is 0 Å². The fourth-order valence-electron chi connectivity index (χ4n) is 7.68. The topological polar surface area (TPSA) is 66.8 Å². The van der Waals surface area contributed by atoms with E-state index < -0.39 is 5.60 Å². The number of hydrogen-bond donors (Lipinski definition) is 2. The van der Waals surface area contributed by atoms with Crippen LogP contribution in [0.3, 0.4) is 0 Å². The monoisotopic (exact) mass is 390 g/mol. The Kier molecular flexibility index (Phi) is 5.19. The molecule has 3 fully saturated rings. The molecule has 4 nitrogen and oxygen atoms in total. The number of rotatable bonds is 4. The average Bonchev–Trinajstić information content (AvgIpc) is 3.18. The summed E-state index contributed by atoms with van der Waals surface area (Å²) in [6.07, 6.45) is 11.5. The maximum atomic E-state index is 12.2. The van der Waals surface area contributed by atoms with Gasteiger partial charge in [0.2, 0.25) is 0 Å². The van der Waals surface area contributed by atoms with Crippen LogP contribution in [0.1, 0.15) is 85.0 Å². The molecule has 0 saturated heterocycles. The lowest BCUT2D eigenvalue weighted by Crippen LogP contribution is -2.54. The van der Waals surface area contributed by atoms with Crippen molar-refractivity contribution in [2.24, 2.45) is 28.6 Å². The van der Waals surface area contributed by atoms with Crippen LogP contribution in [0.5, 0.6) is 0 Å². The molecule has 0 aromatic rings. The molecule has 28 heavy (non-hydrogen) atoms. The van der Waals surface area contributed by atoms with Gasteiger partial charge in [0.25, 0.3) is 0 Å². The summed E-state index contributed by atoms with van der Waals surface area (Å²) in [7, 11) is 0. The Balaban J connectivity index is 1.61. The fraction of sp³-hybridized carbons (Fsp3) is 0.875. The molecule has 7 atom stereocenters. The zero-order valence-corrected chi connectivity index (χ0v) is 17.9. The molecule has 0 radical (unpaired) electrons. The summed E-state index contributed by atoms with van der Waals surface area (Å²) in [6.45, 7) is 7.28. The third kappa shape index (κ3) is 3.06. The minimum atomic E-state index is -0.676. The zero-order valence-electron chi connectivity index (χ0n) is 17.9. The summed E-state index contributed by atoms with van der Waals surface area (Å²) in [6, 6.07) is 0. The van der Waals surface area contributed by atoms with Gasteiger partial charge in [-0.25, -0.2) is 4.79 Å². The lowest BCUT2D eigenvalue weighted by atomic mass is 9.52. The molecule has 3 aliphatic carbocycles. The second-order valence-electron chi connectivity index (χ2n) is 10.8. The molecule has 3 saturated carbocycles. The van der Waals surface area contributed by atoms with Gasteiger partial charge in [0.1, 0.15) is 6.61 Å². The van der Waals surface area contributed by atoms with Crippen molar-refractivity contribution >= 4 is 5.97 Å². The van der Waals surface area contributed by atoms with E-state index in [9.17, 15) is 15.0 Å². The highest BCUT2D eigenvalue weighted by molar-refractivity contribution is 5.85. The number of aliphatic hydroxyl groups excluding tert-OH is 1. The van der Waals surface area contributed by atoms with Crippen molar-refractivity contribution in [1.82, 2.24) is 0 Å². The first-order chi connectivity index (χ1) is 13.2. The standard InChI is InChI=1S/C24H38O4/c1-4-9-23(3)20(16-12-21(26)28-15-16)8-11-24(23,27)18-6-5-17-13-19(25)7-10-22(17,2)14-18/h12,17-20,25,27H,4-11,13-15H2,1-3H3/t17-,18?,19+,20?,22-,23-,24?/m1/s1. The Labute approximate surface area is 169 Å². The number of ether oxygens (including phenoxy) is 1. The Morgan fingerprint density at radius 1 is 1.14 bits per heavy atom. The molecule has 0 bridgehead atoms. The molecule has 3 unspecified atom stereocenters. The van der Waals surface area contributed by atoms with E-state index in [0.717, 1.165) is 69.8 Å². The van der Waals surface area contributed by atoms with Crippen LogP contribution in [-0.2, 0) is 9.53 Å². The summed E-state index contributed by atoms with van der Waals surface area (Å²) >= 11 is 0. The minimum Gasteiger partial charge on any atom is -0.458 e. The molecule has 0 aromatic carbocycles. The van der Waals surface area contributed by atoms with Gasteiger partial charge >= 0.3 is 5.97 Å². The molecule has 4 rings (SSSR count). The number of fused-ring (bicyclic) bond motifs is 1. The smallest absolute Gasteiger partial charge is 0.331 e. The van der Waals surface area contributed by atoms with Crippen LogP contribution in [0.15, 0.2) is 11.6 Å². The van der Waals surface area contributed by atoms with Crippen molar-refractivity contribution in [3.8, 4) is 0 Å². The van der Waals surface area contributed by atoms with Crippen LogP contribution in [0, 0.1) is 28.6 Å². The van der Waals surface area contributed by atoms with E-state index in [2.05, 4.69) is 20.8 Å². The van der Waals surface area contributed by atoms with E-state index in [-0.39, 0.29) is 28.8 Å². The Morgan fingerprint density at radius 2 is 1.89 bits per heavy atom. The SMILES string of the molecule is CCC[C@]1(C)C(C2=CC(=O)OC2)CCC1(O)C1CC[C@@H]2C[C@@H](O)CC[C@]2(C)C1. The second kappa shape index (κ2) is 7.12. The molecule has 4 aliphatic rings. The molecule has 158 valence electrons. The average molecular weight is 391 g/mol. The lowest BCUT2D eigenvalue weighted by Gasteiger charge is -2.55. The van der Waals surface area contributed by atoms with Crippen LogP contribution in [0.25, 0.3) is 0 Å². The van der Waals surface area contributed by atoms with Gasteiger partial charge in [-0.1, -0.05) is 27.2 Å². The summed E-state index contributed by atoms with van der Waals surface area (Å²) in [5.41, 5.74) is 0.459. The summed E-state index contributed by atoms with van der Waals surface area (Å²) in [4.78, 5) is 11.7. The van der Waals surface area contributed by atoms with E-state index in [1.165, 1.54) is 0 Å². The third-order valence-electron chi connectivity index (χ3n) is 9.32. The van der Waals surface area contributed by atoms with Gasteiger partial charge in [-0.2, -0.15) is 0 Å². The number of carbonyl (C=O) groups excluding carboxylic acids is 1. The van der Waals surface area contributed by atoms with Crippen LogP contribution in [-0.4, -0.2) is 34.5 Å². The highest BCUT2D eigenvalue weighted by Crippen LogP contribution is 2.64. The van der Waals surface area contributed by atoms with Gasteiger partial charge < -0.3 is 14.9 Å². The first kappa shape index (κ1) is 20.4. The lowest BCUT2D eigenvalue weighted by molar-refractivity contribution is -0.149. The molecular weight excluding hydrogens is 352 g/mol. The molecule has 1 heterocycles. The highest BCUT2D eigenvalue weighted by Gasteiger charge is 2.62. The van der Waals surface area contributed by atoms with Crippen LogP contribution < -0.4 is 0 Å². The van der Waals surface area contributed by atoms with E-state index in [1.807, 2.05) is 0 Å². The zero-order chi connectivity index (χ0) is 20.2. The second-order valence-corrected chi connectivity index (χ2v) is 10.8. The fourth-order valence-corrected chi connectivity index (χ4v) is 7.68. The van der Waals surface area contributed by atoms with Gasteiger partial charge in [0.05, 0.1) is 11.7 Å². The van der Waals surface area contributed by atoms with E-state index in [1.54, 1.807) is 6.08 Å². The summed E-state index contributed by atoms with van der Waals surface area (Å²) < 4.78 is 5.22. The predicted molar refractivity (Wildman–Crippen MR) is 109 cm³/mol.